The molecule has 0 fully saturated rings. The van der Waals surface area contributed by atoms with Crippen molar-refractivity contribution in [2.45, 2.75) is 32.6 Å². The molecule has 0 spiro atoms. The van der Waals surface area contributed by atoms with E-state index in [4.69, 9.17) is 18.0 Å². The van der Waals surface area contributed by atoms with Gasteiger partial charge in [-0.15, -0.1) is 0 Å². The van der Waals surface area contributed by atoms with Gasteiger partial charge in [0.25, 0.3) is 0 Å². The molecule has 1 heterocycles. The van der Waals surface area contributed by atoms with Crippen LogP contribution >= 0.6 is 12.2 Å². The molecule has 0 unspecified atom stereocenters. The van der Waals surface area contributed by atoms with E-state index in [2.05, 4.69) is 36.7 Å². The largest absolute Gasteiger partial charge is 0.393 e. The summed E-state index contributed by atoms with van der Waals surface area (Å²) in [4.78, 5) is 7.07. The van der Waals surface area contributed by atoms with Gasteiger partial charge in [-0.05, 0) is 17.0 Å². The summed E-state index contributed by atoms with van der Waals surface area (Å²) >= 11 is 4.86. The van der Waals surface area contributed by atoms with E-state index in [-0.39, 0.29) is 5.41 Å². The molecular weight excluding hydrogens is 230 g/mol. The SMILES string of the molecule is CN(CCC(N)=S)c1ccc(C(C)(C)C)cn1. The maximum Gasteiger partial charge on any atom is 0.128 e. The third-order valence-electron chi connectivity index (χ3n) is 2.70. The Bertz CT molecular complexity index is 379. The van der Waals surface area contributed by atoms with E-state index in [0.717, 1.165) is 12.4 Å². The highest BCUT2D eigenvalue weighted by molar-refractivity contribution is 7.80. The summed E-state index contributed by atoms with van der Waals surface area (Å²) in [7, 11) is 2.00. The Morgan fingerprint density at radius 3 is 2.47 bits per heavy atom. The van der Waals surface area contributed by atoms with Crippen LogP contribution in [0.25, 0.3) is 0 Å². The molecule has 0 aliphatic heterocycles. The Balaban J connectivity index is 2.70. The summed E-state index contributed by atoms with van der Waals surface area (Å²) in [6, 6.07) is 4.17. The minimum absolute atomic E-state index is 0.142. The van der Waals surface area contributed by atoms with Gasteiger partial charge in [0, 0.05) is 26.2 Å². The summed E-state index contributed by atoms with van der Waals surface area (Å²) in [5.74, 6) is 0.953. The van der Waals surface area contributed by atoms with Gasteiger partial charge >= 0.3 is 0 Å². The quantitative estimate of drug-likeness (QED) is 0.835. The fraction of sp³-hybridized carbons (Fsp3) is 0.538. The molecule has 0 aliphatic carbocycles. The van der Waals surface area contributed by atoms with Gasteiger partial charge in [-0.3, -0.25) is 0 Å². The minimum atomic E-state index is 0.142. The van der Waals surface area contributed by atoms with Crippen LogP contribution in [0.5, 0.6) is 0 Å². The highest BCUT2D eigenvalue weighted by Gasteiger charge is 2.14. The molecule has 1 rings (SSSR count). The number of thiocarbonyl (C=S) groups is 1. The Kier molecular flexibility index (Phi) is 4.46. The molecule has 0 aromatic carbocycles. The number of nitrogens with zero attached hydrogens (tertiary/aromatic N) is 2. The monoisotopic (exact) mass is 251 g/mol. The third-order valence-corrected chi connectivity index (χ3v) is 2.90. The van der Waals surface area contributed by atoms with E-state index >= 15 is 0 Å². The van der Waals surface area contributed by atoms with Crippen LogP contribution in [0.4, 0.5) is 5.82 Å². The standard InChI is InChI=1S/C13H21N3S/c1-13(2,3)10-5-6-12(15-9-10)16(4)8-7-11(14)17/h5-6,9H,7-8H2,1-4H3,(H2,14,17). The normalized spacial score (nSPS) is 11.3. The summed E-state index contributed by atoms with van der Waals surface area (Å²) in [5.41, 5.74) is 6.87. The van der Waals surface area contributed by atoms with Crippen molar-refractivity contribution in [2.75, 3.05) is 18.5 Å². The first-order valence-corrected chi connectivity index (χ1v) is 6.17. The van der Waals surface area contributed by atoms with E-state index in [1.165, 1.54) is 5.56 Å². The topological polar surface area (TPSA) is 42.1 Å². The zero-order valence-corrected chi connectivity index (χ0v) is 11.8. The molecule has 0 bridgehead atoms. The van der Waals surface area contributed by atoms with Crippen molar-refractivity contribution in [2.24, 2.45) is 5.73 Å². The van der Waals surface area contributed by atoms with E-state index in [1.54, 1.807) is 0 Å². The van der Waals surface area contributed by atoms with Crippen molar-refractivity contribution in [1.29, 1.82) is 0 Å². The lowest BCUT2D eigenvalue weighted by molar-refractivity contribution is 0.587. The van der Waals surface area contributed by atoms with Gasteiger partial charge in [0.1, 0.15) is 5.82 Å². The molecule has 0 radical (unpaired) electrons. The predicted molar refractivity (Wildman–Crippen MR) is 77.6 cm³/mol. The Morgan fingerprint density at radius 1 is 1.41 bits per heavy atom. The fourth-order valence-electron chi connectivity index (χ4n) is 1.45. The molecule has 17 heavy (non-hydrogen) atoms. The lowest BCUT2D eigenvalue weighted by Gasteiger charge is -2.21. The van der Waals surface area contributed by atoms with Crippen molar-refractivity contribution in [3.8, 4) is 0 Å². The average Bonchev–Trinajstić information content (AvgIpc) is 2.25. The predicted octanol–water partition coefficient (Wildman–Crippen LogP) is 2.49. The summed E-state index contributed by atoms with van der Waals surface area (Å²) in [5, 5.41) is 0. The molecule has 1 aromatic heterocycles. The molecule has 0 saturated carbocycles. The van der Waals surface area contributed by atoms with Crippen LogP contribution < -0.4 is 10.6 Å². The van der Waals surface area contributed by atoms with Gasteiger partial charge in [0.05, 0.1) is 4.99 Å². The van der Waals surface area contributed by atoms with Crippen molar-refractivity contribution in [3.05, 3.63) is 23.9 Å². The first kappa shape index (κ1) is 13.9. The smallest absolute Gasteiger partial charge is 0.128 e. The molecule has 94 valence electrons. The number of hydrogen-bond acceptors (Lipinski definition) is 3. The average molecular weight is 251 g/mol. The van der Waals surface area contributed by atoms with Crippen LogP contribution in [0.15, 0.2) is 18.3 Å². The highest BCUT2D eigenvalue weighted by atomic mass is 32.1. The van der Waals surface area contributed by atoms with Gasteiger partial charge in [-0.25, -0.2) is 4.98 Å². The number of anilines is 1. The first-order chi connectivity index (χ1) is 7.80. The van der Waals surface area contributed by atoms with Crippen molar-refractivity contribution < 1.29 is 0 Å². The van der Waals surface area contributed by atoms with Gasteiger partial charge in [-0.2, -0.15) is 0 Å². The highest BCUT2D eigenvalue weighted by Crippen LogP contribution is 2.22. The Labute approximate surface area is 109 Å². The van der Waals surface area contributed by atoms with E-state index in [1.807, 2.05) is 19.3 Å². The molecule has 1 aromatic rings. The van der Waals surface area contributed by atoms with Crippen molar-refractivity contribution in [1.82, 2.24) is 4.98 Å². The zero-order valence-electron chi connectivity index (χ0n) is 11.0. The zero-order chi connectivity index (χ0) is 13.1. The summed E-state index contributed by atoms with van der Waals surface area (Å²) in [6.07, 6.45) is 2.65. The molecule has 0 amide bonds. The maximum atomic E-state index is 5.48. The second-order valence-corrected chi connectivity index (χ2v) is 5.82. The van der Waals surface area contributed by atoms with Gasteiger partial charge in [-0.1, -0.05) is 39.1 Å². The van der Waals surface area contributed by atoms with Crippen LogP contribution in [0.1, 0.15) is 32.8 Å². The van der Waals surface area contributed by atoms with Gasteiger partial charge in [0.15, 0.2) is 0 Å². The fourth-order valence-corrected chi connectivity index (χ4v) is 1.54. The second kappa shape index (κ2) is 5.45. The van der Waals surface area contributed by atoms with Gasteiger partial charge < -0.3 is 10.6 Å². The number of hydrogen-bond donors (Lipinski definition) is 1. The van der Waals surface area contributed by atoms with Crippen LogP contribution in [-0.2, 0) is 5.41 Å². The number of aromatic nitrogens is 1. The second-order valence-electron chi connectivity index (χ2n) is 5.29. The third kappa shape index (κ3) is 4.30. The lowest BCUT2D eigenvalue weighted by atomic mass is 9.88. The molecule has 0 saturated heterocycles. The molecule has 4 heteroatoms. The summed E-state index contributed by atoms with van der Waals surface area (Å²) in [6.45, 7) is 7.35. The number of rotatable bonds is 4. The Morgan fingerprint density at radius 2 is 2.06 bits per heavy atom. The van der Waals surface area contributed by atoms with Crippen molar-refractivity contribution in [3.63, 3.8) is 0 Å². The van der Waals surface area contributed by atoms with E-state index in [9.17, 15) is 0 Å². The molecule has 2 N–H and O–H groups in total. The number of nitrogens with two attached hydrogens (primary N) is 1. The Hall–Kier alpha value is -1.16. The van der Waals surface area contributed by atoms with E-state index in [0.29, 0.717) is 11.4 Å². The number of pyridine rings is 1. The lowest BCUT2D eigenvalue weighted by Crippen LogP contribution is -2.24. The summed E-state index contributed by atoms with van der Waals surface area (Å²) < 4.78 is 0. The minimum Gasteiger partial charge on any atom is -0.393 e. The molecule has 3 nitrogen and oxygen atoms in total. The molecule has 0 aliphatic rings. The van der Waals surface area contributed by atoms with Crippen LogP contribution in [0.3, 0.4) is 0 Å². The van der Waals surface area contributed by atoms with Gasteiger partial charge in [0.2, 0.25) is 0 Å². The first-order valence-electron chi connectivity index (χ1n) is 5.76. The molecule has 0 atom stereocenters. The van der Waals surface area contributed by atoms with Crippen LogP contribution in [0, 0.1) is 0 Å². The van der Waals surface area contributed by atoms with Crippen LogP contribution in [-0.4, -0.2) is 23.6 Å². The van der Waals surface area contributed by atoms with Crippen LogP contribution in [0.2, 0.25) is 0 Å². The van der Waals surface area contributed by atoms with Crippen molar-refractivity contribution >= 4 is 23.0 Å². The maximum absolute atomic E-state index is 5.48. The molecular formula is C13H21N3S. The van der Waals surface area contributed by atoms with E-state index < -0.39 is 0 Å².